The number of hydrogen-bond acceptors (Lipinski definition) is 5. The lowest BCUT2D eigenvalue weighted by atomic mass is 9.81. The van der Waals surface area contributed by atoms with Crippen LogP contribution in [0.2, 0.25) is 0 Å². The fraction of sp³-hybridized carbons (Fsp3) is 0.400. The summed E-state index contributed by atoms with van der Waals surface area (Å²) in [5.74, 6) is -1.21. The molecule has 4 aromatic rings. The van der Waals surface area contributed by atoms with Crippen molar-refractivity contribution >= 4 is 22.7 Å². The summed E-state index contributed by atoms with van der Waals surface area (Å²) in [4.78, 5) is 41.5. The third-order valence-electron chi connectivity index (χ3n) is 7.56. The summed E-state index contributed by atoms with van der Waals surface area (Å²) in [5, 5.41) is 4.72. The average molecular weight is 533 g/mol. The van der Waals surface area contributed by atoms with E-state index in [0.29, 0.717) is 21.2 Å². The van der Waals surface area contributed by atoms with Gasteiger partial charge >= 0.3 is 5.76 Å². The maximum Gasteiger partial charge on any atom is 0.441 e. The van der Waals surface area contributed by atoms with E-state index in [4.69, 9.17) is 8.64 Å². The molecule has 1 aliphatic carbocycles. The van der Waals surface area contributed by atoms with Crippen LogP contribution in [-0.4, -0.2) is 64.1 Å². The second kappa shape index (κ2) is 10.6. The molecule has 1 aliphatic rings. The largest absolute Gasteiger partial charge is 0.441 e. The van der Waals surface area contributed by atoms with E-state index in [9.17, 15) is 14.4 Å². The van der Waals surface area contributed by atoms with Crippen molar-refractivity contribution in [3.63, 3.8) is 0 Å². The van der Waals surface area contributed by atoms with E-state index >= 15 is 0 Å². The van der Waals surface area contributed by atoms with Gasteiger partial charge in [-0.1, -0.05) is 48.7 Å². The van der Waals surface area contributed by atoms with Crippen LogP contribution >= 0.6 is 0 Å². The summed E-state index contributed by atoms with van der Waals surface area (Å²) in [6, 6.07) is 12.9. The number of aromatic nitrogens is 3. The third-order valence-corrected chi connectivity index (χ3v) is 7.56. The topological polar surface area (TPSA) is 93.6 Å². The van der Waals surface area contributed by atoms with Gasteiger partial charge in [0.25, 0.3) is 5.91 Å². The molecule has 2 heterocycles. The zero-order valence-electron chi connectivity index (χ0n) is 25.7. The smallest absolute Gasteiger partial charge is 0.347 e. The predicted molar refractivity (Wildman–Crippen MR) is 151 cm³/mol. The molecule has 0 N–H and O–H groups in total. The molecule has 0 radical (unpaired) electrons. The standard InChI is InChI=1S/C30H35N5O4/c1-32(2)25(36)18-35-24-17-21(28-31-39-30(38)34(28)5)14-15-23(24)26(19-10-7-6-8-11-19)27(35)20-12-9-13-22(16-20)29(37)33(3)4/h9,12-17,19H,6-8,10-11,18H2,1-5H3/i5D3. The van der Waals surface area contributed by atoms with Gasteiger partial charge < -0.3 is 14.4 Å². The second-order valence-electron chi connectivity index (χ2n) is 10.6. The number of amides is 2. The van der Waals surface area contributed by atoms with Crippen molar-refractivity contribution in [3.05, 3.63) is 64.1 Å². The summed E-state index contributed by atoms with van der Waals surface area (Å²) in [7, 11) is 6.81. The molecular weight excluding hydrogens is 494 g/mol. The Balaban J connectivity index is 1.83. The molecule has 204 valence electrons. The Bertz CT molecular complexity index is 1710. The third kappa shape index (κ3) is 4.89. The molecule has 2 amide bonds. The maximum atomic E-state index is 13.2. The van der Waals surface area contributed by atoms with Gasteiger partial charge in [0.15, 0.2) is 5.82 Å². The van der Waals surface area contributed by atoms with Crippen LogP contribution in [0, 0.1) is 0 Å². The van der Waals surface area contributed by atoms with Gasteiger partial charge in [0.05, 0.1) is 11.2 Å². The van der Waals surface area contributed by atoms with Crippen LogP contribution in [0.15, 0.2) is 51.8 Å². The molecule has 39 heavy (non-hydrogen) atoms. The number of nitrogens with zero attached hydrogens (tertiary/aromatic N) is 5. The van der Waals surface area contributed by atoms with Crippen molar-refractivity contribution in [2.75, 3.05) is 28.2 Å². The number of fused-ring (bicyclic) bond motifs is 1. The van der Waals surface area contributed by atoms with E-state index in [0.717, 1.165) is 47.9 Å². The van der Waals surface area contributed by atoms with Gasteiger partial charge in [-0.2, -0.15) is 0 Å². The molecule has 0 spiro atoms. The van der Waals surface area contributed by atoms with E-state index in [2.05, 4.69) is 5.16 Å². The molecule has 0 bridgehead atoms. The number of carbonyl (C=O) groups is 2. The fourth-order valence-corrected chi connectivity index (χ4v) is 5.56. The lowest BCUT2D eigenvalue weighted by Gasteiger charge is -2.24. The van der Waals surface area contributed by atoms with Crippen LogP contribution in [0.4, 0.5) is 0 Å². The zero-order chi connectivity index (χ0) is 30.3. The van der Waals surface area contributed by atoms with E-state index in [1.807, 2.05) is 28.8 Å². The molecule has 0 atom stereocenters. The van der Waals surface area contributed by atoms with Gasteiger partial charge in [-0.15, -0.1) is 0 Å². The summed E-state index contributed by atoms with van der Waals surface area (Å²) < 4.78 is 30.8. The van der Waals surface area contributed by atoms with E-state index in [-0.39, 0.29) is 30.1 Å². The molecule has 2 aromatic heterocycles. The highest BCUT2D eigenvalue weighted by Gasteiger charge is 2.28. The van der Waals surface area contributed by atoms with Crippen LogP contribution in [0.1, 0.15) is 58.1 Å². The highest BCUT2D eigenvalue weighted by atomic mass is 16.5. The monoisotopic (exact) mass is 532 g/mol. The lowest BCUT2D eigenvalue weighted by Crippen LogP contribution is -2.26. The summed E-state index contributed by atoms with van der Waals surface area (Å²) >= 11 is 0. The number of benzene rings is 2. The first-order chi connectivity index (χ1) is 19.9. The molecule has 0 unspecified atom stereocenters. The molecule has 9 heteroatoms. The summed E-state index contributed by atoms with van der Waals surface area (Å²) in [6.07, 6.45) is 5.34. The van der Waals surface area contributed by atoms with Gasteiger partial charge in [-0.3, -0.25) is 18.7 Å². The minimum atomic E-state index is -2.79. The van der Waals surface area contributed by atoms with Gasteiger partial charge in [-0.25, -0.2) is 4.79 Å². The van der Waals surface area contributed by atoms with Crippen LogP contribution in [0.5, 0.6) is 0 Å². The van der Waals surface area contributed by atoms with Gasteiger partial charge in [0, 0.05) is 55.8 Å². The number of carbonyl (C=O) groups excluding carboxylic acids is 2. The van der Waals surface area contributed by atoms with E-state index in [1.54, 1.807) is 46.4 Å². The van der Waals surface area contributed by atoms with Crippen molar-refractivity contribution in [1.82, 2.24) is 24.1 Å². The van der Waals surface area contributed by atoms with E-state index in [1.165, 1.54) is 16.2 Å². The van der Waals surface area contributed by atoms with Gasteiger partial charge in [0.1, 0.15) is 6.54 Å². The minimum Gasteiger partial charge on any atom is -0.347 e. The van der Waals surface area contributed by atoms with Gasteiger partial charge in [-0.05, 0) is 48.1 Å². The van der Waals surface area contributed by atoms with Crippen LogP contribution < -0.4 is 5.76 Å². The number of likely N-dealkylation sites (N-methyl/N-ethyl adjacent to an activating group) is 1. The first kappa shape index (κ1) is 22.8. The number of hydrogen-bond donors (Lipinski definition) is 0. The normalized spacial score (nSPS) is 15.5. The Hall–Kier alpha value is -4.14. The lowest BCUT2D eigenvalue weighted by molar-refractivity contribution is -0.129. The van der Waals surface area contributed by atoms with Crippen molar-refractivity contribution < 1.29 is 18.2 Å². The molecule has 0 aliphatic heterocycles. The minimum absolute atomic E-state index is 0.0196. The quantitative estimate of drug-likeness (QED) is 0.365. The first-order valence-corrected chi connectivity index (χ1v) is 13.2. The number of rotatable bonds is 6. The second-order valence-corrected chi connectivity index (χ2v) is 10.6. The Morgan fingerprint density at radius 2 is 1.79 bits per heavy atom. The van der Waals surface area contributed by atoms with Crippen LogP contribution in [0.3, 0.4) is 0 Å². The fourth-order valence-electron chi connectivity index (χ4n) is 5.56. The molecule has 5 rings (SSSR count). The molecule has 2 aromatic carbocycles. The zero-order valence-corrected chi connectivity index (χ0v) is 22.7. The van der Waals surface area contributed by atoms with Gasteiger partial charge in [0.2, 0.25) is 5.91 Å². The Morgan fingerprint density at radius 1 is 1.03 bits per heavy atom. The molecular formula is C30H35N5O4. The van der Waals surface area contributed by atoms with Crippen LogP contribution in [-0.2, 0) is 18.3 Å². The molecule has 1 saturated carbocycles. The SMILES string of the molecule is [2H]C([2H])([2H])n1c(-c2ccc3c(C4CCCCC4)c(-c4cccc(C(=O)N(C)C)c4)n(CC(=O)N(C)C)c3c2)noc1=O. The van der Waals surface area contributed by atoms with Crippen molar-refractivity contribution in [2.45, 2.75) is 44.6 Å². The summed E-state index contributed by atoms with van der Waals surface area (Å²) in [6.45, 7) is -2.77. The first-order valence-electron chi connectivity index (χ1n) is 14.7. The van der Waals surface area contributed by atoms with Crippen molar-refractivity contribution in [1.29, 1.82) is 0 Å². The Labute approximate surface area is 231 Å². The average Bonchev–Trinajstić information content (AvgIpc) is 3.50. The maximum absolute atomic E-state index is 13.2. The Kier molecular flexibility index (Phi) is 6.17. The Morgan fingerprint density at radius 3 is 2.49 bits per heavy atom. The summed E-state index contributed by atoms with van der Waals surface area (Å²) in [5.41, 5.74) is 4.38. The highest BCUT2D eigenvalue weighted by molar-refractivity contribution is 5.98. The van der Waals surface area contributed by atoms with Crippen molar-refractivity contribution in [3.8, 4) is 22.6 Å². The predicted octanol–water partition coefficient (Wildman–Crippen LogP) is 4.50. The van der Waals surface area contributed by atoms with Crippen molar-refractivity contribution in [2.24, 2.45) is 6.98 Å². The molecule has 9 nitrogen and oxygen atoms in total. The molecule has 0 saturated heterocycles. The van der Waals surface area contributed by atoms with E-state index < -0.39 is 12.7 Å². The van der Waals surface area contributed by atoms with Crippen LogP contribution in [0.25, 0.3) is 33.5 Å². The molecule has 1 fully saturated rings. The highest BCUT2D eigenvalue weighted by Crippen LogP contribution is 2.45.